The molecule has 1 unspecified atom stereocenters. The summed E-state index contributed by atoms with van der Waals surface area (Å²) < 4.78 is 6.76. The summed E-state index contributed by atoms with van der Waals surface area (Å²) in [6.07, 6.45) is 0. The Morgan fingerprint density at radius 2 is 1.80 bits per heavy atom. The van der Waals surface area contributed by atoms with Crippen molar-refractivity contribution in [2.75, 3.05) is 6.61 Å². The normalized spacial score (nSPS) is 11.8. The Kier molecular flexibility index (Phi) is 6.25. The van der Waals surface area contributed by atoms with Crippen LogP contribution in [0.15, 0.2) is 16.6 Å². The van der Waals surface area contributed by atoms with Gasteiger partial charge < -0.3 is 22.9 Å². The van der Waals surface area contributed by atoms with Crippen LogP contribution in [0.3, 0.4) is 0 Å². The Balaban J connectivity index is 0.00000196. The molecule has 1 rings (SSSR count). The highest BCUT2D eigenvalue weighted by atomic mass is 79.9. The van der Waals surface area contributed by atoms with Crippen molar-refractivity contribution < 1.29 is 22.9 Å². The molecule has 0 heterocycles. The second-order valence-electron chi connectivity index (χ2n) is 3.79. The van der Waals surface area contributed by atoms with Crippen LogP contribution in [0, 0.1) is 13.8 Å². The molecule has 0 aromatic heterocycles. The molecule has 0 aliphatic rings. The van der Waals surface area contributed by atoms with Crippen LogP contribution in [0.5, 0.6) is 5.75 Å². The van der Waals surface area contributed by atoms with Crippen LogP contribution in [0.1, 0.15) is 18.1 Å². The van der Waals surface area contributed by atoms with Gasteiger partial charge in [0.15, 0.2) is 0 Å². The highest BCUT2D eigenvalue weighted by Crippen LogP contribution is 2.26. The molecule has 0 spiro atoms. The molecular formula is C11H17BrClNO. The van der Waals surface area contributed by atoms with Crippen molar-refractivity contribution in [1.29, 1.82) is 0 Å². The van der Waals surface area contributed by atoms with Gasteiger partial charge in [0.1, 0.15) is 18.4 Å². The van der Waals surface area contributed by atoms with Crippen LogP contribution >= 0.6 is 15.9 Å². The van der Waals surface area contributed by atoms with Crippen molar-refractivity contribution in [2.24, 2.45) is 0 Å². The van der Waals surface area contributed by atoms with Crippen molar-refractivity contribution in [3.63, 3.8) is 0 Å². The molecule has 0 saturated heterocycles. The third-order valence-corrected chi connectivity index (χ3v) is 3.20. The van der Waals surface area contributed by atoms with Crippen molar-refractivity contribution in [3.8, 4) is 5.75 Å². The topological polar surface area (TPSA) is 36.9 Å². The maximum absolute atomic E-state index is 5.60. The minimum atomic E-state index is 0. The molecule has 2 nitrogen and oxygen atoms in total. The van der Waals surface area contributed by atoms with Gasteiger partial charge in [-0.05, 0) is 44.0 Å². The lowest BCUT2D eigenvalue weighted by Gasteiger charge is -2.10. The molecule has 3 N–H and O–H groups in total. The van der Waals surface area contributed by atoms with E-state index in [-0.39, 0.29) is 12.4 Å². The number of ether oxygens (including phenoxy) is 1. The molecule has 0 saturated carbocycles. The van der Waals surface area contributed by atoms with E-state index < -0.39 is 0 Å². The summed E-state index contributed by atoms with van der Waals surface area (Å²) >= 11 is 3.53. The van der Waals surface area contributed by atoms with Gasteiger partial charge in [0.05, 0.1) is 0 Å². The third kappa shape index (κ3) is 4.41. The van der Waals surface area contributed by atoms with Crippen LogP contribution in [0.4, 0.5) is 0 Å². The van der Waals surface area contributed by atoms with E-state index in [1.54, 1.807) is 0 Å². The Hall–Kier alpha value is -0.250. The summed E-state index contributed by atoms with van der Waals surface area (Å²) in [6, 6.07) is 4.40. The minimum Gasteiger partial charge on any atom is -1.00 e. The van der Waals surface area contributed by atoms with E-state index in [1.807, 2.05) is 19.1 Å². The summed E-state index contributed by atoms with van der Waals surface area (Å²) in [7, 11) is 0. The molecule has 0 radical (unpaired) electrons. The van der Waals surface area contributed by atoms with Gasteiger partial charge in [0.25, 0.3) is 0 Å². The van der Waals surface area contributed by atoms with Gasteiger partial charge in [0, 0.05) is 4.47 Å². The molecule has 1 atom stereocenters. The number of hydrogen-bond donors (Lipinski definition) is 1. The zero-order valence-corrected chi connectivity index (χ0v) is 11.7. The summed E-state index contributed by atoms with van der Waals surface area (Å²) in [5.41, 5.74) is 6.29. The quantitative estimate of drug-likeness (QED) is 0.769. The highest BCUT2D eigenvalue weighted by Gasteiger charge is 2.04. The third-order valence-electron chi connectivity index (χ3n) is 1.94. The van der Waals surface area contributed by atoms with Crippen LogP contribution in [-0.4, -0.2) is 12.6 Å². The number of hydrogen-bond acceptors (Lipinski definition) is 1. The first-order valence-corrected chi connectivity index (χ1v) is 5.52. The second kappa shape index (κ2) is 6.36. The van der Waals surface area contributed by atoms with Crippen molar-refractivity contribution in [3.05, 3.63) is 27.7 Å². The molecule has 0 amide bonds. The van der Waals surface area contributed by atoms with Crippen molar-refractivity contribution >= 4 is 15.9 Å². The van der Waals surface area contributed by atoms with E-state index in [0.717, 1.165) is 10.2 Å². The van der Waals surface area contributed by atoms with Crippen LogP contribution in [0.2, 0.25) is 0 Å². The molecule has 86 valence electrons. The first-order valence-electron chi connectivity index (χ1n) is 4.73. The van der Waals surface area contributed by atoms with Crippen LogP contribution in [0.25, 0.3) is 0 Å². The first kappa shape index (κ1) is 14.8. The molecule has 1 aromatic rings. The molecule has 0 fully saturated rings. The van der Waals surface area contributed by atoms with Gasteiger partial charge in [-0.25, -0.2) is 0 Å². The Bertz CT molecular complexity index is 305. The number of benzene rings is 1. The Morgan fingerprint density at radius 3 is 2.20 bits per heavy atom. The second-order valence-corrected chi connectivity index (χ2v) is 4.58. The minimum absolute atomic E-state index is 0. The lowest BCUT2D eigenvalue weighted by atomic mass is 10.1. The number of quaternary nitrogens is 1. The average molecular weight is 295 g/mol. The maximum atomic E-state index is 5.60. The average Bonchev–Trinajstić information content (AvgIpc) is 2.10. The summed E-state index contributed by atoms with van der Waals surface area (Å²) in [5, 5.41) is 0. The zero-order chi connectivity index (χ0) is 10.7. The Morgan fingerprint density at radius 1 is 1.33 bits per heavy atom. The molecule has 0 bridgehead atoms. The monoisotopic (exact) mass is 293 g/mol. The van der Waals surface area contributed by atoms with Gasteiger partial charge in [0.2, 0.25) is 0 Å². The molecular weight excluding hydrogens is 277 g/mol. The summed E-state index contributed by atoms with van der Waals surface area (Å²) in [4.78, 5) is 0. The van der Waals surface area contributed by atoms with Gasteiger partial charge >= 0.3 is 0 Å². The fourth-order valence-corrected chi connectivity index (χ4v) is 1.46. The molecule has 0 aliphatic heterocycles. The van der Waals surface area contributed by atoms with E-state index in [1.165, 1.54) is 11.1 Å². The van der Waals surface area contributed by atoms with Gasteiger partial charge in [-0.2, -0.15) is 0 Å². The largest absolute Gasteiger partial charge is 1.00 e. The number of aryl methyl sites for hydroxylation is 2. The maximum Gasteiger partial charge on any atom is 0.139 e. The first-order chi connectivity index (χ1) is 6.50. The highest BCUT2D eigenvalue weighted by molar-refractivity contribution is 9.10. The lowest BCUT2D eigenvalue weighted by Crippen LogP contribution is -3.00. The molecule has 0 aliphatic carbocycles. The summed E-state index contributed by atoms with van der Waals surface area (Å²) in [5.74, 6) is 0.929. The zero-order valence-electron chi connectivity index (χ0n) is 9.31. The van der Waals surface area contributed by atoms with Gasteiger partial charge in [-0.3, -0.25) is 0 Å². The number of rotatable bonds is 3. The fraction of sp³-hybridized carbons (Fsp3) is 0.455. The van der Waals surface area contributed by atoms with E-state index in [0.29, 0.717) is 12.6 Å². The van der Waals surface area contributed by atoms with E-state index in [9.17, 15) is 0 Å². The lowest BCUT2D eigenvalue weighted by molar-refractivity contribution is -0.417. The SMILES string of the molecule is Cc1cc(OCC(C)[NH3+])cc(C)c1Br.[Cl-]. The van der Waals surface area contributed by atoms with Crippen molar-refractivity contribution in [1.82, 2.24) is 0 Å². The van der Waals surface area contributed by atoms with E-state index in [2.05, 4.69) is 35.5 Å². The van der Waals surface area contributed by atoms with E-state index >= 15 is 0 Å². The van der Waals surface area contributed by atoms with Gasteiger partial charge in [-0.1, -0.05) is 15.9 Å². The van der Waals surface area contributed by atoms with E-state index in [4.69, 9.17) is 4.74 Å². The summed E-state index contributed by atoms with van der Waals surface area (Å²) in [6.45, 7) is 6.84. The molecule has 4 heteroatoms. The molecule has 15 heavy (non-hydrogen) atoms. The molecule has 1 aromatic carbocycles. The predicted molar refractivity (Wildman–Crippen MR) is 61.5 cm³/mol. The van der Waals surface area contributed by atoms with Crippen LogP contribution < -0.4 is 22.9 Å². The standard InChI is InChI=1S/C11H16BrNO.ClH/c1-7-4-10(14-6-9(3)13)5-8(2)11(7)12;/h4-5,9H,6,13H2,1-3H3;1H. The fourth-order valence-electron chi connectivity index (χ4n) is 1.23. The van der Waals surface area contributed by atoms with Gasteiger partial charge in [-0.15, -0.1) is 0 Å². The smallest absolute Gasteiger partial charge is 0.139 e. The Labute approximate surface area is 106 Å². The van der Waals surface area contributed by atoms with Crippen molar-refractivity contribution in [2.45, 2.75) is 26.8 Å². The predicted octanol–water partition coefficient (Wildman–Crippen LogP) is -0.921. The van der Waals surface area contributed by atoms with Crippen LogP contribution in [-0.2, 0) is 0 Å². The number of halogens is 2.